The highest BCUT2D eigenvalue weighted by Gasteiger charge is 2.35. The molecule has 2 heterocycles. The van der Waals surface area contributed by atoms with Crippen LogP contribution in [0.2, 0.25) is 5.02 Å². The van der Waals surface area contributed by atoms with Crippen LogP contribution in [0.5, 0.6) is 0 Å². The van der Waals surface area contributed by atoms with Crippen LogP contribution >= 0.6 is 11.6 Å². The van der Waals surface area contributed by atoms with E-state index in [4.69, 9.17) is 21.4 Å². The first-order chi connectivity index (χ1) is 20.0. The number of fused-ring (bicyclic) bond motifs is 1. The van der Waals surface area contributed by atoms with Gasteiger partial charge in [-0.1, -0.05) is 54.1 Å². The van der Waals surface area contributed by atoms with Gasteiger partial charge in [-0.25, -0.2) is 13.9 Å². The maximum atomic E-state index is 13.8. The van der Waals surface area contributed by atoms with Crippen LogP contribution in [-0.4, -0.2) is 38.8 Å². The van der Waals surface area contributed by atoms with E-state index in [0.29, 0.717) is 27.5 Å². The smallest absolute Gasteiger partial charge is 0.410 e. The van der Waals surface area contributed by atoms with Gasteiger partial charge in [0.15, 0.2) is 5.69 Å². The monoisotopic (exact) mass is 586 g/mol. The van der Waals surface area contributed by atoms with Gasteiger partial charge in [0.1, 0.15) is 11.4 Å². The Bertz CT molecular complexity index is 1630. The molecule has 42 heavy (non-hydrogen) atoms. The van der Waals surface area contributed by atoms with Crippen molar-refractivity contribution in [2.75, 3.05) is 6.54 Å². The normalized spacial score (nSPS) is 14.8. The van der Waals surface area contributed by atoms with Crippen LogP contribution in [-0.2, 0) is 11.3 Å². The number of carbonyl (C=O) groups is 2. The van der Waals surface area contributed by atoms with Gasteiger partial charge in [-0.3, -0.25) is 9.69 Å². The van der Waals surface area contributed by atoms with Gasteiger partial charge in [0.05, 0.1) is 30.5 Å². The molecule has 0 spiro atoms. The zero-order chi connectivity index (χ0) is 30.0. The molecule has 0 fully saturated rings. The van der Waals surface area contributed by atoms with E-state index < -0.39 is 11.7 Å². The molecule has 1 atom stereocenters. The number of carbonyl (C=O) groups excluding carboxylic acids is 2. The summed E-state index contributed by atoms with van der Waals surface area (Å²) < 4.78 is 21.1. The zero-order valence-corrected chi connectivity index (χ0v) is 24.7. The molecule has 0 aliphatic carbocycles. The second-order valence-corrected chi connectivity index (χ2v) is 11.7. The number of nitrogens with zero attached hydrogens (tertiary/aromatic N) is 3. The molecule has 2 amide bonds. The molecule has 0 unspecified atom stereocenters. The summed E-state index contributed by atoms with van der Waals surface area (Å²) in [6.45, 7) is 7.62. The predicted octanol–water partition coefficient (Wildman–Crippen LogP) is 7.45. The molecule has 0 radical (unpaired) electrons. The maximum Gasteiger partial charge on any atom is 0.410 e. The Labute approximate surface area is 249 Å². The van der Waals surface area contributed by atoms with Gasteiger partial charge < -0.3 is 10.1 Å². The standard InChI is InChI=1S/C33H32ClFN4O3/c1-21(23-8-6-5-7-9-23)36-31(40)29-28-20-38(32(41)42-33(2,3)4)19-24(18-22-10-14-26(35)15-11-22)30(28)39(37-29)27-16-12-25(34)13-17-27/h5-18,21H,19-20H2,1-4H3,(H,36,40)/b24-18+/t21-/m1/s1. The van der Waals surface area contributed by atoms with E-state index in [1.54, 1.807) is 54.6 Å². The highest BCUT2D eigenvalue weighted by atomic mass is 35.5. The summed E-state index contributed by atoms with van der Waals surface area (Å²) in [6, 6.07) is 22.6. The van der Waals surface area contributed by atoms with Crippen molar-refractivity contribution < 1.29 is 18.7 Å². The fraction of sp³-hybridized carbons (Fsp3) is 0.242. The third kappa shape index (κ3) is 6.55. The van der Waals surface area contributed by atoms with E-state index in [9.17, 15) is 14.0 Å². The third-order valence-electron chi connectivity index (χ3n) is 6.79. The SMILES string of the molecule is C[C@@H](NC(=O)c1nn(-c2ccc(Cl)cc2)c2c1CN(C(=O)OC(C)(C)C)C/C2=C\c1ccc(F)cc1)c1ccccc1. The summed E-state index contributed by atoms with van der Waals surface area (Å²) in [6.07, 6.45) is 1.36. The highest BCUT2D eigenvalue weighted by molar-refractivity contribution is 6.30. The predicted molar refractivity (Wildman–Crippen MR) is 162 cm³/mol. The average molecular weight is 587 g/mol. The van der Waals surface area contributed by atoms with E-state index >= 15 is 0 Å². The molecule has 1 N–H and O–H groups in total. The van der Waals surface area contributed by atoms with E-state index in [0.717, 1.165) is 11.1 Å². The highest BCUT2D eigenvalue weighted by Crippen LogP contribution is 2.35. The van der Waals surface area contributed by atoms with Gasteiger partial charge in [0, 0.05) is 10.6 Å². The van der Waals surface area contributed by atoms with Gasteiger partial charge >= 0.3 is 6.09 Å². The Hall–Kier alpha value is -4.43. The molecular formula is C33H32ClFN4O3. The molecule has 1 aromatic heterocycles. The number of rotatable bonds is 5. The Morgan fingerprint density at radius 3 is 2.31 bits per heavy atom. The van der Waals surface area contributed by atoms with Crippen molar-refractivity contribution in [1.29, 1.82) is 0 Å². The second-order valence-electron chi connectivity index (χ2n) is 11.2. The molecule has 1 aliphatic rings. The zero-order valence-electron chi connectivity index (χ0n) is 23.9. The summed E-state index contributed by atoms with van der Waals surface area (Å²) in [5.41, 5.74) is 3.83. The first-order valence-corrected chi connectivity index (χ1v) is 14.0. The van der Waals surface area contributed by atoms with Crippen LogP contribution in [0.1, 0.15) is 66.6 Å². The van der Waals surface area contributed by atoms with Crippen molar-refractivity contribution >= 4 is 35.3 Å². The summed E-state index contributed by atoms with van der Waals surface area (Å²) in [5.74, 6) is -0.725. The minimum absolute atomic E-state index is 0.112. The van der Waals surface area contributed by atoms with Crippen molar-refractivity contribution in [3.05, 3.63) is 118 Å². The number of benzene rings is 3. The van der Waals surface area contributed by atoms with Crippen molar-refractivity contribution in [2.45, 2.75) is 45.9 Å². The molecule has 4 aromatic rings. The first-order valence-electron chi connectivity index (χ1n) is 13.7. The van der Waals surface area contributed by atoms with Crippen LogP contribution in [0.3, 0.4) is 0 Å². The van der Waals surface area contributed by atoms with Crippen molar-refractivity contribution in [2.24, 2.45) is 0 Å². The Morgan fingerprint density at radius 2 is 1.67 bits per heavy atom. The second kappa shape index (κ2) is 11.8. The summed E-state index contributed by atoms with van der Waals surface area (Å²) in [7, 11) is 0. The Balaban J connectivity index is 1.65. The number of nitrogens with one attached hydrogen (secondary N) is 1. The molecular weight excluding hydrogens is 555 g/mol. The van der Waals surface area contributed by atoms with Crippen LogP contribution in [0, 0.1) is 5.82 Å². The molecule has 9 heteroatoms. The Morgan fingerprint density at radius 1 is 1.00 bits per heavy atom. The molecule has 3 aromatic carbocycles. The van der Waals surface area contributed by atoms with Gasteiger partial charge in [-0.2, -0.15) is 5.10 Å². The lowest BCUT2D eigenvalue weighted by atomic mass is 9.97. The Kier molecular flexibility index (Phi) is 8.18. The molecule has 216 valence electrons. The topological polar surface area (TPSA) is 76.5 Å². The van der Waals surface area contributed by atoms with Crippen LogP contribution in [0.25, 0.3) is 17.3 Å². The van der Waals surface area contributed by atoms with E-state index in [1.807, 2.05) is 55.5 Å². The number of amides is 2. The third-order valence-corrected chi connectivity index (χ3v) is 7.05. The van der Waals surface area contributed by atoms with E-state index in [1.165, 1.54) is 12.1 Å². The van der Waals surface area contributed by atoms with Crippen molar-refractivity contribution in [1.82, 2.24) is 20.0 Å². The number of aromatic nitrogens is 2. The molecule has 7 nitrogen and oxygen atoms in total. The number of halogens is 2. The first kappa shape index (κ1) is 29.1. The quantitative estimate of drug-likeness (QED) is 0.263. The summed E-state index contributed by atoms with van der Waals surface area (Å²) >= 11 is 6.18. The summed E-state index contributed by atoms with van der Waals surface area (Å²) in [5, 5.41) is 8.42. The van der Waals surface area contributed by atoms with Gasteiger partial charge in [0.25, 0.3) is 5.91 Å². The van der Waals surface area contributed by atoms with E-state index in [2.05, 4.69) is 5.32 Å². The maximum absolute atomic E-state index is 13.8. The largest absolute Gasteiger partial charge is 0.444 e. The number of hydrogen-bond acceptors (Lipinski definition) is 4. The molecule has 1 aliphatic heterocycles. The van der Waals surface area contributed by atoms with Crippen molar-refractivity contribution in [3.63, 3.8) is 0 Å². The lowest BCUT2D eigenvalue weighted by molar-refractivity contribution is 0.0254. The molecule has 0 bridgehead atoms. The summed E-state index contributed by atoms with van der Waals surface area (Å²) in [4.78, 5) is 28.7. The van der Waals surface area contributed by atoms with Gasteiger partial charge in [-0.05, 0) is 86.9 Å². The van der Waals surface area contributed by atoms with Crippen LogP contribution in [0.4, 0.5) is 9.18 Å². The van der Waals surface area contributed by atoms with Gasteiger partial charge in [0.2, 0.25) is 0 Å². The lowest BCUT2D eigenvalue weighted by Gasteiger charge is -2.32. The fourth-order valence-electron chi connectivity index (χ4n) is 4.83. The molecule has 0 saturated carbocycles. The van der Waals surface area contributed by atoms with Gasteiger partial charge in [-0.15, -0.1) is 0 Å². The fourth-order valence-corrected chi connectivity index (χ4v) is 4.95. The minimum atomic E-state index is -0.711. The molecule has 0 saturated heterocycles. The van der Waals surface area contributed by atoms with Crippen LogP contribution < -0.4 is 5.32 Å². The number of hydrogen-bond donors (Lipinski definition) is 1. The minimum Gasteiger partial charge on any atom is -0.444 e. The average Bonchev–Trinajstić information content (AvgIpc) is 3.34. The lowest BCUT2D eigenvalue weighted by Crippen LogP contribution is -2.40. The van der Waals surface area contributed by atoms with Crippen molar-refractivity contribution in [3.8, 4) is 5.69 Å². The van der Waals surface area contributed by atoms with Crippen LogP contribution in [0.15, 0.2) is 78.9 Å². The van der Waals surface area contributed by atoms with E-state index in [-0.39, 0.29) is 36.5 Å². The number of ether oxygens (including phenoxy) is 1. The molecule has 5 rings (SSSR count).